The minimum Gasteiger partial charge on any atom is -0.360 e. The van der Waals surface area contributed by atoms with Crippen LogP contribution < -0.4 is 0 Å². The summed E-state index contributed by atoms with van der Waals surface area (Å²) >= 11 is 3.25. The number of ketones is 1. The third kappa shape index (κ3) is 2.75. The van der Waals surface area contributed by atoms with Crippen LogP contribution in [0, 0.1) is 0 Å². The molecular weight excluding hydrogens is 370 g/mol. The molecule has 0 unspecified atom stereocenters. The van der Waals surface area contributed by atoms with Gasteiger partial charge >= 0.3 is 0 Å². The minimum absolute atomic E-state index is 0.00289. The van der Waals surface area contributed by atoms with Gasteiger partial charge in [0, 0.05) is 27.8 Å². The van der Waals surface area contributed by atoms with Gasteiger partial charge in [-0.1, -0.05) is 12.1 Å². The first kappa shape index (κ1) is 15.4. The molecule has 0 saturated heterocycles. The van der Waals surface area contributed by atoms with Crippen LogP contribution in [-0.2, 0) is 15.3 Å². The lowest BCUT2D eigenvalue weighted by molar-refractivity contribution is 0.102. The summed E-state index contributed by atoms with van der Waals surface area (Å²) in [6.07, 6.45) is 3.18. The zero-order chi connectivity index (χ0) is 16.1. The maximum absolute atomic E-state index is 12.5. The molecule has 0 aliphatic heterocycles. The largest absolute Gasteiger partial charge is 0.360 e. The molecule has 2 aromatic rings. The molecule has 0 bridgehead atoms. The van der Waals surface area contributed by atoms with Crippen molar-refractivity contribution in [1.29, 1.82) is 0 Å². The van der Waals surface area contributed by atoms with Crippen molar-refractivity contribution < 1.29 is 17.7 Å². The predicted octanol–water partition coefficient (Wildman–Crippen LogP) is 3.12. The second-order valence-electron chi connectivity index (χ2n) is 5.88. The molecule has 0 N–H and O–H groups in total. The Morgan fingerprint density at radius 2 is 2.00 bits per heavy atom. The lowest BCUT2D eigenvalue weighted by Crippen LogP contribution is -2.05. The molecule has 0 radical (unpaired) electrons. The molecule has 0 amide bonds. The first-order chi connectivity index (χ1) is 10.2. The number of carbonyl (C=O) groups excluding carboxylic acids is 1. The first-order valence-electron chi connectivity index (χ1n) is 6.72. The molecule has 1 aliphatic carbocycles. The summed E-state index contributed by atoms with van der Waals surface area (Å²) < 4.78 is 28.7. The van der Waals surface area contributed by atoms with E-state index >= 15 is 0 Å². The zero-order valence-electron chi connectivity index (χ0n) is 12.1. The third-order valence-corrected chi connectivity index (χ3v) is 5.72. The Morgan fingerprint density at radius 3 is 2.55 bits per heavy atom. The van der Waals surface area contributed by atoms with E-state index in [1.807, 2.05) is 0 Å². The van der Waals surface area contributed by atoms with Crippen molar-refractivity contribution >= 4 is 31.6 Å². The predicted molar refractivity (Wildman–Crippen MR) is 83.8 cm³/mol. The van der Waals surface area contributed by atoms with Crippen molar-refractivity contribution in [1.82, 2.24) is 5.16 Å². The molecule has 1 heterocycles. The number of carbonyl (C=O) groups is 1. The fourth-order valence-electron chi connectivity index (χ4n) is 2.15. The highest BCUT2D eigenvalue weighted by Crippen LogP contribution is 2.47. The van der Waals surface area contributed by atoms with Crippen LogP contribution in [0.5, 0.6) is 0 Å². The standard InChI is InChI=1S/C15H14BrNO4S/c1-15(5-6-15)13-8-12(17-21-13)14(18)10-4-3-9(7-11(10)16)22(2,19)20/h3-4,7-8H,5-6H2,1-2H3. The fraction of sp³-hybridized carbons (Fsp3) is 0.333. The monoisotopic (exact) mass is 383 g/mol. The average Bonchev–Trinajstić information content (AvgIpc) is 3.01. The van der Waals surface area contributed by atoms with E-state index in [4.69, 9.17) is 4.52 Å². The van der Waals surface area contributed by atoms with Crippen molar-refractivity contribution in [2.24, 2.45) is 0 Å². The normalized spacial score (nSPS) is 16.5. The van der Waals surface area contributed by atoms with Gasteiger partial charge in [0.05, 0.1) is 4.90 Å². The topological polar surface area (TPSA) is 77.2 Å². The van der Waals surface area contributed by atoms with E-state index in [9.17, 15) is 13.2 Å². The molecule has 5 nitrogen and oxygen atoms in total. The number of halogens is 1. The van der Waals surface area contributed by atoms with E-state index in [2.05, 4.69) is 28.0 Å². The van der Waals surface area contributed by atoms with Crippen LogP contribution in [0.2, 0.25) is 0 Å². The first-order valence-corrected chi connectivity index (χ1v) is 9.41. The molecule has 1 aromatic heterocycles. The molecular formula is C15H14BrNO4S. The number of sulfone groups is 1. The Kier molecular flexibility index (Phi) is 3.52. The zero-order valence-corrected chi connectivity index (χ0v) is 14.5. The highest BCUT2D eigenvalue weighted by molar-refractivity contribution is 9.10. The van der Waals surface area contributed by atoms with Gasteiger partial charge in [-0.05, 0) is 47.0 Å². The van der Waals surface area contributed by atoms with Crippen LogP contribution in [0.4, 0.5) is 0 Å². The summed E-state index contributed by atoms with van der Waals surface area (Å²) in [6, 6.07) is 5.99. The van der Waals surface area contributed by atoms with Gasteiger partial charge in [-0.3, -0.25) is 4.79 Å². The Balaban J connectivity index is 1.94. The van der Waals surface area contributed by atoms with Gasteiger partial charge in [0.15, 0.2) is 15.5 Å². The van der Waals surface area contributed by atoms with Gasteiger partial charge in [0.2, 0.25) is 5.78 Å². The number of rotatable bonds is 4. The summed E-state index contributed by atoms with van der Waals surface area (Å²) in [4.78, 5) is 12.6. The van der Waals surface area contributed by atoms with Crippen LogP contribution >= 0.6 is 15.9 Å². The Bertz CT molecular complexity index is 865. The van der Waals surface area contributed by atoms with Gasteiger partial charge in [-0.25, -0.2) is 8.42 Å². The van der Waals surface area contributed by atoms with Gasteiger partial charge in [-0.2, -0.15) is 0 Å². The Morgan fingerprint density at radius 1 is 1.32 bits per heavy atom. The average molecular weight is 384 g/mol. The highest BCUT2D eigenvalue weighted by Gasteiger charge is 2.43. The lowest BCUT2D eigenvalue weighted by atomic mass is 10.0. The van der Waals surface area contributed by atoms with Gasteiger partial charge in [0.25, 0.3) is 0 Å². The molecule has 3 rings (SSSR count). The molecule has 7 heteroatoms. The summed E-state index contributed by atoms with van der Waals surface area (Å²) in [5.41, 5.74) is 0.590. The summed E-state index contributed by atoms with van der Waals surface area (Å²) in [7, 11) is -3.31. The molecule has 0 atom stereocenters. The molecule has 0 spiro atoms. The number of hydrogen-bond donors (Lipinski definition) is 0. The van der Waals surface area contributed by atoms with Crippen molar-refractivity contribution in [2.45, 2.75) is 30.1 Å². The van der Waals surface area contributed by atoms with Gasteiger partial charge < -0.3 is 4.52 Å². The maximum atomic E-state index is 12.5. The third-order valence-electron chi connectivity index (χ3n) is 3.95. The van der Waals surface area contributed by atoms with E-state index in [-0.39, 0.29) is 21.8 Å². The Hall–Kier alpha value is -1.47. The van der Waals surface area contributed by atoms with E-state index in [1.54, 1.807) is 6.07 Å². The highest BCUT2D eigenvalue weighted by atomic mass is 79.9. The van der Waals surface area contributed by atoms with Crippen LogP contribution in [0.1, 0.15) is 41.6 Å². The van der Waals surface area contributed by atoms with E-state index in [1.165, 1.54) is 18.2 Å². The second kappa shape index (κ2) is 5.03. The molecule has 1 saturated carbocycles. The van der Waals surface area contributed by atoms with Crippen LogP contribution in [-0.4, -0.2) is 25.6 Å². The number of nitrogens with zero attached hydrogens (tertiary/aromatic N) is 1. The summed E-state index contributed by atoms with van der Waals surface area (Å²) in [5.74, 6) is 0.422. The van der Waals surface area contributed by atoms with E-state index in [0.29, 0.717) is 10.0 Å². The molecule has 1 aromatic carbocycles. The smallest absolute Gasteiger partial charge is 0.216 e. The molecule has 116 valence electrons. The SMILES string of the molecule is CC1(c2cc(C(=O)c3ccc(S(C)(=O)=O)cc3Br)no2)CC1. The number of benzene rings is 1. The van der Waals surface area contributed by atoms with E-state index in [0.717, 1.165) is 24.9 Å². The van der Waals surface area contributed by atoms with E-state index < -0.39 is 9.84 Å². The summed E-state index contributed by atoms with van der Waals surface area (Å²) in [5, 5.41) is 3.85. The van der Waals surface area contributed by atoms with Crippen LogP contribution in [0.3, 0.4) is 0 Å². The van der Waals surface area contributed by atoms with Crippen molar-refractivity contribution in [2.75, 3.05) is 6.26 Å². The molecule has 1 fully saturated rings. The number of aromatic nitrogens is 1. The quantitative estimate of drug-likeness (QED) is 0.757. The summed E-state index contributed by atoms with van der Waals surface area (Å²) in [6.45, 7) is 2.07. The maximum Gasteiger partial charge on any atom is 0.216 e. The second-order valence-corrected chi connectivity index (χ2v) is 8.75. The lowest BCUT2D eigenvalue weighted by Gasteiger charge is -2.04. The van der Waals surface area contributed by atoms with Crippen molar-refractivity contribution in [3.05, 3.63) is 45.8 Å². The van der Waals surface area contributed by atoms with Crippen LogP contribution in [0.25, 0.3) is 0 Å². The molecule has 22 heavy (non-hydrogen) atoms. The number of hydrogen-bond acceptors (Lipinski definition) is 5. The molecule has 1 aliphatic rings. The minimum atomic E-state index is -3.31. The fourth-order valence-corrected chi connectivity index (χ4v) is 3.51. The van der Waals surface area contributed by atoms with Gasteiger partial charge in [0.1, 0.15) is 5.76 Å². The van der Waals surface area contributed by atoms with Crippen LogP contribution in [0.15, 0.2) is 38.2 Å². The van der Waals surface area contributed by atoms with Gasteiger partial charge in [-0.15, -0.1) is 0 Å². The van der Waals surface area contributed by atoms with Crippen molar-refractivity contribution in [3.8, 4) is 0 Å². The van der Waals surface area contributed by atoms with Crippen molar-refractivity contribution in [3.63, 3.8) is 0 Å². The Labute approximate surface area is 136 Å².